The van der Waals surface area contributed by atoms with E-state index in [9.17, 15) is 0 Å². The van der Waals surface area contributed by atoms with E-state index in [2.05, 4.69) is 6.07 Å². The van der Waals surface area contributed by atoms with Gasteiger partial charge in [-0.2, -0.15) is 5.26 Å². The maximum atomic E-state index is 8.57. The lowest BCUT2D eigenvalue weighted by Crippen LogP contribution is -1.92. The highest BCUT2D eigenvalue weighted by Crippen LogP contribution is 2.26. The number of hydrogen-bond acceptors (Lipinski definition) is 1. The molecule has 0 unspecified atom stereocenters. The van der Waals surface area contributed by atoms with Gasteiger partial charge in [0.25, 0.3) is 0 Å². The number of halogens is 1. The number of nitrogens with zero attached hydrogens (tertiary/aromatic N) is 1. The van der Waals surface area contributed by atoms with Gasteiger partial charge >= 0.3 is 0 Å². The van der Waals surface area contributed by atoms with Gasteiger partial charge < -0.3 is 0 Å². The van der Waals surface area contributed by atoms with Crippen LogP contribution in [0.1, 0.15) is 19.8 Å². The first-order valence-electron chi connectivity index (χ1n) is 3.21. The normalized spacial score (nSPS) is 18.3. The highest BCUT2D eigenvalue weighted by molar-refractivity contribution is 6.30. The molecule has 0 amide bonds. The molecule has 0 saturated carbocycles. The fourth-order valence-corrected chi connectivity index (χ4v) is 1.17. The van der Waals surface area contributed by atoms with Gasteiger partial charge in [0, 0.05) is 5.03 Å². The number of allylic oxidation sites excluding steroid dienone is 4. The van der Waals surface area contributed by atoms with E-state index in [1.165, 1.54) is 0 Å². The molecule has 0 aliphatic heterocycles. The molecule has 0 fully saturated rings. The largest absolute Gasteiger partial charge is 0.192 e. The van der Waals surface area contributed by atoms with Crippen molar-refractivity contribution >= 4 is 11.6 Å². The van der Waals surface area contributed by atoms with Crippen LogP contribution in [0.3, 0.4) is 0 Å². The smallest absolute Gasteiger partial charge is 0.0991 e. The van der Waals surface area contributed by atoms with Crippen LogP contribution >= 0.6 is 11.6 Å². The predicted octanol–water partition coefficient (Wildman–Crippen LogP) is 2.74. The zero-order chi connectivity index (χ0) is 7.56. The summed E-state index contributed by atoms with van der Waals surface area (Å²) >= 11 is 5.83. The fraction of sp³-hybridized carbons (Fsp3) is 0.375. The average molecular weight is 154 g/mol. The van der Waals surface area contributed by atoms with Crippen molar-refractivity contribution in [3.63, 3.8) is 0 Å². The SMILES string of the molecule is CC1=C(Cl)CCC=C1C#N. The van der Waals surface area contributed by atoms with Gasteiger partial charge in [0.05, 0.1) is 11.6 Å². The zero-order valence-corrected chi connectivity index (χ0v) is 6.57. The molecule has 10 heavy (non-hydrogen) atoms. The first kappa shape index (κ1) is 7.37. The van der Waals surface area contributed by atoms with Crippen molar-refractivity contribution in [1.29, 1.82) is 5.26 Å². The predicted molar refractivity (Wildman–Crippen MR) is 41.5 cm³/mol. The Morgan fingerprint density at radius 1 is 1.70 bits per heavy atom. The minimum atomic E-state index is 0.733. The van der Waals surface area contributed by atoms with Gasteiger partial charge in [0.2, 0.25) is 0 Å². The number of rotatable bonds is 0. The van der Waals surface area contributed by atoms with Crippen LogP contribution in [-0.2, 0) is 0 Å². The first-order valence-corrected chi connectivity index (χ1v) is 3.59. The summed E-state index contributed by atoms with van der Waals surface area (Å²) in [5.41, 5.74) is 1.67. The zero-order valence-electron chi connectivity index (χ0n) is 5.82. The quantitative estimate of drug-likeness (QED) is 0.525. The van der Waals surface area contributed by atoms with E-state index in [4.69, 9.17) is 16.9 Å². The van der Waals surface area contributed by atoms with Crippen molar-refractivity contribution in [3.05, 3.63) is 22.3 Å². The molecule has 0 bridgehead atoms. The molecule has 1 aliphatic rings. The second-order valence-corrected chi connectivity index (χ2v) is 2.75. The van der Waals surface area contributed by atoms with Crippen molar-refractivity contribution in [2.24, 2.45) is 0 Å². The van der Waals surface area contributed by atoms with Crippen molar-refractivity contribution in [2.75, 3.05) is 0 Å². The lowest BCUT2D eigenvalue weighted by Gasteiger charge is -2.08. The van der Waals surface area contributed by atoms with Gasteiger partial charge in [-0.15, -0.1) is 0 Å². The van der Waals surface area contributed by atoms with Crippen LogP contribution < -0.4 is 0 Å². The van der Waals surface area contributed by atoms with E-state index in [0.29, 0.717) is 0 Å². The first-order chi connectivity index (χ1) is 4.75. The molecule has 0 radical (unpaired) electrons. The molecule has 0 spiro atoms. The van der Waals surface area contributed by atoms with E-state index >= 15 is 0 Å². The molecule has 1 rings (SSSR count). The van der Waals surface area contributed by atoms with Crippen molar-refractivity contribution in [1.82, 2.24) is 0 Å². The van der Waals surface area contributed by atoms with Crippen LogP contribution in [0.4, 0.5) is 0 Å². The summed E-state index contributed by atoms with van der Waals surface area (Å²) in [6, 6.07) is 2.10. The van der Waals surface area contributed by atoms with Crippen LogP contribution in [0.2, 0.25) is 0 Å². The Hall–Kier alpha value is -0.740. The van der Waals surface area contributed by atoms with Crippen LogP contribution in [-0.4, -0.2) is 0 Å². The Bertz CT molecular complexity index is 242. The maximum Gasteiger partial charge on any atom is 0.0991 e. The Labute approximate surface area is 65.6 Å². The summed E-state index contributed by atoms with van der Waals surface area (Å²) in [5, 5.41) is 9.40. The van der Waals surface area contributed by atoms with Gasteiger partial charge in [-0.25, -0.2) is 0 Å². The molecule has 52 valence electrons. The Morgan fingerprint density at radius 3 is 2.90 bits per heavy atom. The topological polar surface area (TPSA) is 23.8 Å². The molecule has 0 saturated heterocycles. The van der Waals surface area contributed by atoms with E-state index in [1.54, 1.807) is 0 Å². The van der Waals surface area contributed by atoms with Crippen LogP contribution in [0.25, 0.3) is 0 Å². The maximum absolute atomic E-state index is 8.57. The minimum Gasteiger partial charge on any atom is -0.192 e. The van der Waals surface area contributed by atoms with Crippen LogP contribution in [0.5, 0.6) is 0 Å². The third-order valence-electron chi connectivity index (χ3n) is 1.64. The van der Waals surface area contributed by atoms with Crippen molar-refractivity contribution in [3.8, 4) is 6.07 Å². The summed E-state index contributed by atoms with van der Waals surface area (Å²) in [7, 11) is 0. The standard InChI is InChI=1S/C8H8ClN/c1-6-7(5-10)3-2-4-8(6)9/h3H,2,4H2,1H3. The molecule has 1 nitrogen and oxygen atoms in total. The fourth-order valence-electron chi connectivity index (χ4n) is 0.959. The summed E-state index contributed by atoms with van der Waals surface area (Å²) in [5.74, 6) is 0. The molecule has 2 heteroatoms. The van der Waals surface area contributed by atoms with E-state index < -0.39 is 0 Å². The Balaban J connectivity index is 2.97. The van der Waals surface area contributed by atoms with E-state index in [0.717, 1.165) is 29.0 Å². The van der Waals surface area contributed by atoms with Gasteiger partial charge in [0.1, 0.15) is 0 Å². The molecule has 1 aliphatic carbocycles. The van der Waals surface area contributed by atoms with E-state index in [1.807, 2.05) is 13.0 Å². The summed E-state index contributed by atoms with van der Waals surface area (Å²) < 4.78 is 0. The molecular formula is C8H8ClN. The van der Waals surface area contributed by atoms with Gasteiger partial charge in [-0.1, -0.05) is 17.7 Å². The number of nitriles is 1. The highest BCUT2D eigenvalue weighted by Gasteiger charge is 2.08. The molecule has 0 aromatic heterocycles. The Kier molecular flexibility index (Phi) is 2.13. The summed E-state index contributed by atoms with van der Waals surface area (Å²) in [4.78, 5) is 0. The third-order valence-corrected chi connectivity index (χ3v) is 2.12. The molecule has 0 N–H and O–H groups in total. The van der Waals surface area contributed by atoms with Gasteiger partial charge in [-0.3, -0.25) is 0 Å². The average Bonchev–Trinajstić information content (AvgIpc) is 1.95. The minimum absolute atomic E-state index is 0.733. The molecule has 0 atom stereocenters. The van der Waals surface area contributed by atoms with Crippen LogP contribution in [0, 0.1) is 11.3 Å². The van der Waals surface area contributed by atoms with Gasteiger partial charge in [0.15, 0.2) is 0 Å². The van der Waals surface area contributed by atoms with Gasteiger partial charge in [-0.05, 0) is 25.3 Å². The lowest BCUT2D eigenvalue weighted by molar-refractivity contribution is 0.982. The third kappa shape index (κ3) is 1.22. The summed E-state index contributed by atoms with van der Waals surface area (Å²) in [6.07, 6.45) is 3.72. The summed E-state index contributed by atoms with van der Waals surface area (Å²) in [6.45, 7) is 1.89. The molecular weight excluding hydrogens is 146 g/mol. The molecule has 0 aromatic rings. The highest BCUT2D eigenvalue weighted by atomic mass is 35.5. The lowest BCUT2D eigenvalue weighted by atomic mass is 10.0. The van der Waals surface area contributed by atoms with Crippen molar-refractivity contribution in [2.45, 2.75) is 19.8 Å². The Morgan fingerprint density at radius 2 is 2.40 bits per heavy atom. The second-order valence-electron chi connectivity index (χ2n) is 2.30. The molecule has 0 heterocycles. The van der Waals surface area contributed by atoms with Crippen LogP contribution in [0.15, 0.2) is 22.3 Å². The second kappa shape index (κ2) is 2.90. The monoisotopic (exact) mass is 153 g/mol. The van der Waals surface area contributed by atoms with Crippen molar-refractivity contribution < 1.29 is 0 Å². The number of hydrogen-bond donors (Lipinski definition) is 0. The van der Waals surface area contributed by atoms with E-state index in [-0.39, 0.29) is 0 Å². The molecule has 0 aromatic carbocycles.